The maximum atomic E-state index is 11.8. The fraction of sp³-hybridized carbons (Fsp3) is 0.412. The molecule has 0 spiro atoms. The zero-order chi connectivity index (χ0) is 15.1. The van der Waals surface area contributed by atoms with Gasteiger partial charge in [-0.05, 0) is 48.9 Å². The van der Waals surface area contributed by atoms with Gasteiger partial charge in [0.25, 0.3) is 0 Å². The average molecular weight is 304 g/mol. The Hall–Kier alpha value is -1.61. The maximum absolute atomic E-state index is 11.8. The van der Waals surface area contributed by atoms with Crippen molar-refractivity contribution < 1.29 is 9.90 Å². The van der Waals surface area contributed by atoms with Crippen LogP contribution in [0, 0.1) is 5.92 Å². The predicted octanol–water partition coefficient (Wildman–Crippen LogP) is 4.66. The summed E-state index contributed by atoms with van der Waals surface area (Å²) in [6.07, 6.45) is 2.88. The number of carbonyl (C=O) groups is 1. The molecule has 0 amide bonds. The molecule has 0 fully saturated rings. The Morgan fingerprint density at radius 1 is 1.43 bits per heavy atom. The van der Waals surface area contributed by atoms with E-state index in [1.807, 2.05) is 6.07 Å². The average Bonchev–Trinajstić information content (AvgIpc) is 2.43. The first-order chi connectivity index (χ1) is 9.99. The fourth-order valence-electron chi connectivity index (χ4n) is 3.38. The minimum absolute atomic E-state index is 0.340. The van der Waals surface area contributed by atoms with E-state index in [2.05, 4.69) is 13.8 Å². The Kier molecular flexibility index (Phi) is 3.62. The van der Waals surface area contributed by atoms with Gasteiger partial charge in [0.1, 0.15) is 0 Å². The lowest BCUT2D eigenvalue weighted by Crippen LogP contribution is -2.20. The molecule has 3 rings (SSSR count). The molecule has 3 nitrogen and oxygen atoms in total. The van der Waals surface area contributed by atoms with Crippen molar-refractivity contribution in [1.82, 2.24) is 4.98 Å². The number of fused-ring (bicyclic) bond motifs is 2. The van der Waals surface area contributed by atoms with Crippen LogP contribution in [-0.2, 0) is 6.42 Å². The van der Waals surface area contributed by atoms with Gasteiger partial charge < -0.3 is 5.11 Å². The van der Waals surface area contributed by atoms with Gasteiger partial charge in [-0.3, -0.25) is 4.98 Å². The first-order valence-corrected chi connectivity index (χ1v) is 7.72. The quantitative estimate of drug-likeness (QED) is 0.877. The van der Waals surface area contributed by atoms with E-state index in [0.29, 0.717) is 27.8 Å². The molecule has 1 aliphatic rings. The highest BCUT2D eigenvalue weighted by Gasteiger charge is 2.29. The molecule has 1 aromatic carbocycles. The van der Waals surface area contributed by atoms with Crippen LogP contribution in [0.2, 0.25) is 5.02 Å². The molecular formula is C17H18ClNO2. The van der Waals surface area contributed by atoms with E-state index in [-0.39, 0.29) is 0 Å². The van der Waals surface area contributed by atoms with Crippen LogP contribution in [0.25, 0.3) is 10.9 Å². The highest BCUT2D eigenvalue weighted by molar-refractivity contribution is 6.31. The van der Waals surface area contributed by atoms with Crippen molar-refractivity contribution in [2.75, 3.05) is 0 Å². The molecule has 0 radical (unpaired) electrons. The largest absolute Gasteiger partial charge is 0.478 e. The van der Waals surface area contributed by atoms with Crippen molar-refractivity contribution in [2.45, 2.75) is 39.0 Å². The molecule has 1 aliphatic carbocycles. The number of hydrogen-bond acceptors (Lipinski definition) is 2. The highest BCUT2D eigenvalue weighted by Crippen LogP contribution is 2.39. The molecule has 4 heteroatoms. The molecule has 1 aromatic heterocycles. The second kappa shape index (κ2) is 5.30. The van der Waals surface area contributed by atoms with E-state index in [4.69, 9.17) is 16.6 Å². The van der Waals surface area contributed by atoms with Crippen LogP contribution in [0.4, 0.5) is 0 Å². The molecule has 1 heterocycles. The number of hydrogen-bond donors (Lipinski definition) is 1. The van der Waals surface area contributed by atoms with Gasteiger partial charge in [0, 0.05) is 22.0 Å². The van der Waals surface area contributed by atoms with Crippen LogP contribution in [0.15, 0.2) is 18.2 Å². The van der Waals surface area contributed by atoms with Crippen molar-refractivity contribution in [3.05, 3.63) is 40.0 Å². The molecule has 1 N–H and O–H groups in total. The van der Waals surface area contributed by atoms with E-state index in [1.165, 1.54) is 0 Å². The molecule has 1 atom stereocenters. The zero-order valence-corrected chi connectivity index (χ0v) is 12.9. The third-order valence-electron chi connectivity index (χ3n) is 4.39. The summed E-state index contributed by atoms with van der Waals surface area (Å²) in [6.45, 7) is 4.35. The van der Waals surface area contributed by atoms with Crippen LogP contribution >= 0.6 is 11.6 Å². The lowest BCUT2D eigenvalue weighted by atomic mass is 9.78. The normalized spacial score (nSPS) is 18.0. The number of benzene rings is 1. The third kappa shape index (κ3) is 2.40. The molecule has 21 heavy (non-hydrogen) atoms. The van der Waals surface area contributed by atoms with Gasteiger partial charge in [0.2, 0.25) is 0 Å². The molecule has 2 aromatic rings. The van der Waals surface area contributed by atoms with E-state index in [0.717, 1.165) is 36.0 Å². The van der Waals surface area contributed by atoms with Gasteiger partial charge in [-0.15, -0.1) is 0 Å². The molecule has 0 saturated heterocycles. The second-order valence-corrected chi connectivity index (χ2v) is 6.50. The summed E-state index contributed by atoms with van der Waals surface area (Å²) < 4.78 is 0. The number of aromatic nitrogens is 1. The Morgan fingerprint density at radius 2 is 2.19 bits per heavy atom. The van der Waals surface area contributed by atoms with Gasteiger partial charge in [-0.2, -0.15) is 0 Å². The molecule has 0 aliphatic heterocycles. The van der Waals surface area contributed by atoms with Crippen molar-refractivity contribution >= 4 is 28.5 Å². The fourth-order valence-corrected chi connectivity index (χ4v) is 3.55. The lowest BCUT2D eigenvalue weighted by Gasteiger charge is -2.29. The minimum atomic E-state index is -0.884. The first kappa shape index (κ1) is 14.3. The lowest BCUT2D eigenvalue weighted by molar-refractivity contribution is 0.0697. The Morgan fingerprint density at radius 3 is 2.86 bits per heavy atom. The van der Waals surface area contributed by atoms with E-state index in [1.54, 1.807) is 12.1 Å². The highest BCUT2D eigenvalue weighted by atomic mass is 35.5. The standard InChI is InChI=1S/C17H18ClNO2/c1-9(2)11-4-3-5-12-15(17(20)21)13-8-10(18)6-7-14(13)19-16(11)12/h6-9,11H,3-5H2,1-2H3,(H,20,21). The molecule has 0 saturated carbocycles. The summed E-state index contributed by atoms with van der Waals surface area (Å²) in [6, 6.07) is 5.30. The van der Waals surface area contributed by atoms with Crippen molar-refractivity contribution in [3.63, 3.8) is 0 Å². The Labute approximate surface area is 129 Å². The van der Waals surface area contributed by atoms with Crippen LogP contribution in [0.3, 0.4) is 0 Å². The van der Waals surface area contributed by atoms with Gasteiger partial charge >= 0.3 is 5.97 Å². The number of pyridine rings is 1. The summed E-state index contributed by atoms with van der Waals surface area (Å²) in [7, 11) is 0. The van der Waals surface area contributed by atoms with Crippen LogP contribution in [-0.4, -0.2) is 16.1 Å². The summed E-state index contributed by atoms with van der Waals surface area (Å²) >= 11 is 6.04. The van der Waals surface area contributed by atoms with Gasteiger partial charge in [-0.1, -0.05) is 25.4 Å². The number of rotatable bonds is 2. The van der Waals surface area contributed by atoms with Crippen molar-refractivity contribution in [2.24, 2.45) is 5.92 Å². The minimum Gasteiger partial charge on any atom is -0.478 e. The number of carboxylic acids is 1. The van der Waals surface area contributed by atoms with Gasteiger partial charge in [0.05, 0.1) is 11.1 Å². The Balaban J connectivity index is 2.36. The number of aromatic carboxylic acids is 1. The smallest absolute Gasteiger partial charge is 0.336 e. The molecule has 110 valence electrons. The maximum Gasteiger partial charge on any atom is 0.336 e. The number of carboxylic acid groups (broad SMARTS) is 1. The third-order valence-corrected chi connectivity index (χ3v) is 4.63. The summed E-state index contributed by atoms with van der Waals surface area (Å²) in [4.78, 5) is 16.6. The number of halogens is 1. The van der Waals surface area contributed by atoms with Gasteiger partial charge in [-0.25, -0.2) is 4.79 Å². The number of nitrogens with zero attached hydrogens (tertiary/aromatic N) is 1. The van der Waals surface area contributed by atoms with Crippen LogP contribution < -0.4 is 0 Å². The SMILES string of the molecule is CC(C)C1CCCc2c1nc1ccc(Cl)cc1c2C(=O)O. The van der Waals surface area contributed by atoms with E-state index < -0.39 is 5.97 Å². The molecule has 1 unspecified atom stereocenters. The summed E-state index contributed by atoms with van der Waals surface area (Å²) in [5.74, 6) is -0.0832. The second-order valence-electron chi connectivity index (χ2n) is 6.06. The molecular weight excluding hydrogens is 286 g/mol. The topological polar surface area (TPSA) is 50.2 Å². The summed E-state index contributed by atoms with van der Waals surface area (Å²) in [5, 5.41) is 10.9. The summed E-state index contributed by atoms with van der Waals surface area (Å²) in [5.41, 5.74) is 3.00. The van der Waals surface area contributed by atoms with Crippen LogP contribution in [0.1, 0.15) is 54.2 Å². The van der Waals surface area contributed by atoms with Crippen molar-refractivity contribution in [1.29, 1.82) is 0 Å². The van der Waals surface area contributed by atoms with E-state index in [9.17, 15) is 9.90 Å². The molecule has 0 bridgehead atoms. The zero-order valence-electron chi connectivity index (χ0n) is 12.2. The van der Waals surface area contributed by atoms with Crippen molar-refractivity contribution in [3.8, 4) is 0 Å². The van der Waals surface area contributed by atoms with E-state index >= 15 is 0 Å². The Bertz CT molecular complexity index is 724. The van der Waals surface area contributed by atoms with Crippen LogP contribution in [0.5, 0.6) is 0 Å². The monoisotopic (exact) mass is 303 g/mol. The predicted molar refractivity (Wildman–Crippen MR) is 84.2 cm³/mol. The first-order valence-electron chi connectivity index (χ1n) is 7.34. The van der Waals surface area contributed by atoms with Gasteiger partial charge in [0.15, 0.2) is 0 Å².